The first-order valence-corrected chi connectivity index (χ1v) is 7.72. The van der Waals surface area contributed by atoms with Crippen LogP contribution in [0.4, 0.5) is 18.0 Å². The summed E-state index contributed by atoms with van der Waals surface area (Å²) in [5.41, 5.74) is 0. The van der Waals surface area contributed by atoms with E-state index in [2.05, 4.69) is 0 Å². The molecule has 0 radical (unpaired) electrons. The molecule has 8 heteroatoms. The minimum Gasteiger partial charge on any atom is -0.342 e. The maximum atomic E-state index is 12.1. The average Bonchev–Trinajstić information content (AvgIpc) is 2.47. The molecule has 0 aliphatic carbocycles. The molecule has 2 fully saturated rings. The van der Waals surface area contributed by atoms with Gasteiger partial charge >= 0.3 is 12.2 Å². The topological polar surface area (TPSA) is 52.7 Å². The molecule has 2 rings (SSSR count). The van der Waals surface area contributed by atoms with E-state index in [0.717, 1.165) is 32.2 Å². The van der Waals surface area contributed by atoms with Crippen molar-refractivity contribution < 1.29 is 22.8 Å². The lowest BCUT2D eigenvalue weighted by Crippen LogP contribution is -2.48. The molecule has 2 aliphatic rings. The summed E-state index contributed by atoms with van der Waals surface area (Å²) in [6.45, 7) is 1.09. The second-order valence-corrected chi connectivity index (χ2v) is 6.00. The lowest BCUT2D eigenvalue weighted by atomic mass is 9.95. The average molecular weight is 321 g/mol. The lowest BCUT2D eigenvalue weighted by molar-refractivity contribution is -0.134. The smallest absolute Gasteiger partial charge is 0.342 e. The maximum Gasteiger partial charge on any atom is 0.405 e. The van der Waals surface area contributed by atoms with Crippen LogP contribution < -0.4 is 5.32 Å². The first kappa shape index (κ1) is 16.9. The van der Waals surface area contributed by atoms with Crippen molar-refractivity contribution >= 4 is 11.9 Å². The second-order valence-electron chi connectivity index (χ2n) is 6.00. The van der Waals surface area contributed by atoms with E-state index in [4.69, 9.17) is 0 Å². The van der Waals surface area contributed by atoms with Crippen LogP contribution in [0, 0.1) is 5.92 Å². The summed E-state index contributed by atoms with van der Waals surface area (Å²) in [4.78, 5) is 26.7. The fraction of sp³-hybridized carbons (Fsp3) is 0.857. The molecule has 0 aromatic heterocycles. The number of carbonyl (C=O) groups is 2. The monoisotopic (exact) mass is 321 g/mol. The number of nitrogens with one attached hydrogen (secondary N) is 1. The highest BCUT2D eigenvalue weighted by atomic mass is 19.4. The maximum absolute atomic E-state index is 12.1. The number of carbonyl (C=O) groups excluding carboxylic acids is 2. The molecule has 1 N–H and O–H groups in total. The van der Waals surface area contributed by atoms with Gasteiger partial charge in [-0.15, -0.1) is 0 Å². The number of piperidine rings is 2. The highest BCUT2D eigenvalue weighted by Crippen LogP contribution is 2.21. The first-order valence-electron chi connectivity index (χ1n) is 7.72. The summed E-state index contributed by atoms with van der Waals surface area (Å²) >= 11 is 0. The van der Waals surface area contributed by atoms with Crippen LogP contribution in [-0.2, 0) is 4.79 Å². The highest BCUT2D eigenvalue weighted by Gasteiger charge is 2.30. The van der Waals surface area contributed by atoms with Gasteiger partial charge in [0, 0.05) is 32.6 Å². The Bertz CT molecular complexity index is 407. The van der Waals surface area contributed by atoms with Gasteiger partial charge in [0.05, 0.1) is 0 Å². The van der Waals surface area contributed by atoms with Gasteiger partial charge in [0.2, 0.25) is 5.91 Å². The van der Waals surface area contributed by atoms with Crippen molar-refractivity contribution in [3.8, 4) is 0 Å². The predicted octanol–water partition coefficient (Wildman–Crippen LogP) is 1.98. The molecular formula is C14H22F3N3O2. The molecule has 2 saturated heterocycles. The van der Waals surface area contributed by atoms with Crippen LogP contribution in [0.25, 0.3) is 0 Å². The third-order valence-electron chi connectivity index (χ3n) is 4.24. The van der Waals surface area contributed by atoms with Crippen molar-refractivity contribution in [3.05, 3.63) is 0 Å². The summed E-state index contributed by atoms with van der Waals surface area (Å²) in [6.07, 6.45) is -0.342. The number of urea groups is 1. The Morgan fingerprint density at radius 2 is 1.86 bits per heavy atom. The van der Waals surface area contributed by atoms with Crippen LogP contribution in [0.1, 0.15) is 32.1 Å². The Balaban J connectivity index is 1.71. The number of hydrogen-bond donors (Lipinski definition) is 1. The van der Waals surface area contributed by atoms with Gasteiger partial charge in [-0.05, 0) is 31.6 Å². The van der Waals surface area contributed by atoms with E-state index < -0.39 is 18.8 Å². The van der Waals surface area contributed by atoms with Crippen molar-refractivity contribution in [1.82, 2.24) is 15.1 Å². The van der Waals surface area contributed by atoms with E-state index in [1.54, 1.807) is 0 Å². The van der Waals surface area contributed by atoms with E-state index in [0.29, 0.717) is 32.0 Å². The molecule has 0 unspecified atom stereocenters. The van der Waals surface area contributed by atoms with Crippen LogP contribution in [0.2, 0.25) is 0 Å². The number of nitrogens with zero attached hydrogens (tertiary/aromatic N) is 2. The molecule has 5 nitrogen and oxygen atoms in total. The van der Waals surface area contributed by atoms with Crippen LogP contribution in [0.3, 0.4) is 0 Å². The van der Waals surface area contributed by atoms with Crippen molar-refractivity contribution in [2.45, 2.75) is 38.3 Å². The highest BCUT2D eigenvalue weighted by molar-refractivity contribution is 5.76. The molecule has 0 atom stereocenters. The van der Waals surface area contributed by atoms with Crippen molar-refractivity contribution in [2.75, 3.05) is 32.7 Å². The Hall–Kier alpha value is -1.47. The van der Waals surface area contributed by atoms with Gasteiger partial charge < -0.3 is 15.1 Å². The normalized spacial score (nSPS) is 21.1. The van der Waals surface area contributed by atoms with Gasteiger partial charge in [0.25, 0.3) is 0 Å². The molecular weight excluding hydrogens is 299 g/mol. The third-order valence-corrected chi connectivity index (χ3v) is 4.24. The summed E-state index contributed by atoms with van der Waals surface area (Å²) in [5, 5.41) is 1.89. The van der Waals surface area contributed by atoms with Gasteiger partial charge in [-0.1, -0.05) is 0 Å². The first-order chi connectivity index (χ1) is 10.3. The molecule has 0 saturated carbocycles. The molecule has 0 spiro atoms. The number of alkyl halides is 3. The zero-order valence-electron chi connectivity index (χ0n) is 12.5. The standard InChI is InChI=1S/C14H22F3N3O2/c15-14(16,17)10-18-13(22)19-7-4-11(5-8-19)9-20-6-2-1-3-12(20)21/h11H,1-10H2,(H,18,22). The van der Waals surface area contributed by atoms with E-state index >= 15 is 0 Å². The predicted molar refractivity (Wildman–Crippen MR) is 74.2 cm³/mol. The van der Waals surface area contributed by atoms with Gasteiger partial charge in [0.1, 0.15) is 6.54 Å². The minimum absolute atomic E-state index is 0.191. The molecule has 0 aromatic carbocycles. The van der Waals surface area contributed by atoms with E-state index in [-0.39, 0.29) is 5.91 Å². The fourth-order valence-electron chi connectivity index (χ4n) is 2.97. The molecule has 2 heterocycles. The SMILES string of the molecule is O=C1CCCCN1CC1CCN(C(=O)NCC(F)(F)F)CC1. The Morgan fingerprint density at radius 3 is 2.45 bits per heavy atom. The van der Waals surface area contributed by atoms with Gasteiger partial charge in [0.15, 0.2) is 0 Å². The zero-order chi connectivity index (χ0) is 16.2. The number of hydrogen-bond acceptors (Lipinski definition) is 2. The van der Waals surface area contributed by atoms with E-state index in [9.17, 15) is 22.8 Å². The van der Waals surface area contributed by atoms with E-state index in [1.807, 2.05) is 10.2 Å². The quantitative estimate of drug-likeness (QED) is 0.864. The zero-order valence-corrected chi connectivity index (χ0v) is 12.5. The van der Waals surface area contributed by atoms with Crippen LogP contribution >= 0.6 is 0 Å². The fourth-order valence-corrected chi connectivity index (χ4v) is 2.97. The molecule has 2 aliphatic heterocycles. The van der Waals surface area contributed by atoms with Crippen LogP contribution in [-0.4, -0.2) is 60.6 Å². The molecule has 22 heavy (non-hydrogen) atoms. The Morgan fingerprint density at radius 1 is 1.18 bits per heavy atom. The van der Waals surface area contributed by atoms with Gasteiger partial charge in [-0.2, -0.15) is 13.2 Å². The third kappa shape index (κ3) is 5.06. The number of rotatable bonds is 3. The van der Waals surface area contributed by atoms with Gasteiger partial charge in [-0.3, -0.25) is 4.79 Å². The summed E-state index contributed by atoms with van der Waals surface area (Å²) in [7, 11) is 0. The summed E-state index contributed by atoms with van der Waals surface area (Å²) in [5.74, 6) is 0.519. The van der Waals surface area contributed by atoms with Crippen LogP contribution in [0.15, 0.2) is 0 Å². The number of amides is 3. The molecule has 126 valence electrons. The molecule has 0 aromatic rings. The van der Waals surface area contributed by atoms with Crippen LogP contribution in [0.5, 0.6) is 0 Å². The number of halogens is 3. The minimum atomic E-state index is -4.39. The van der Waals surface area contributed by atoms with Crippen molar-refractivity contribution in [3.63, 3.8) is 0 Å². The Kier molecular flexibility index (Phi) is 5.52. The molecule has 3 amide bonds. The number of likely N-dealkylation sites (tertiary alicyclic amines) is 2. The van der Waals surface area contributed by atoms with Gasteiger partial charge in [-0.25, -0.2) is 4.79 Å². The summed E-state index contributed by atoms with van der Waals surface area (Å²) in [6, 6.07) is -0.662. The lowest BCUT2D eigenvalue weighted by Gasteiger charge is -2.36. The Labute approximate surface area is 127 Å². The van der Waals surface area contributed by atoms with Crippen molar-refractivity contribution in [1.29, 1.82) is 0 Å². The van der Waals surface area contributed by atoms with E-state index in [1.165, 1.54) is 4.90 Å². The largest absolute Gasteiger partial charge is 0.405 e. The van der Waals surface area contributed by atoms with Crippen molar-refractivity contribution in [2.24, 2.45) is 5.92 Å². The second kappa shape index (κ2) is 7.19. The molecule has 0 bridgehead atoms. The summed E-state index contributed by atoms with van der Waals surface area (Å²) < 4.78 is 36.2.